The second-order valence-electron chi connectivity index (χ2n) is 5.74. The molecule has 0 atom stereocenters. The number of nitrogens with one attached hydrogen (secondary N) is 3. The first-order valence-corrected chi connectivity index (χ1v) is 8.36. The first-order valence-electron chi connectivity index (χ1n) is 8.36. The van der Waals surface area contributed by atoms with Gasteiger partial charge in [-0.3, -0.25) is 15.6 Å². The van der Waals surface area contributed by atoms with Crippen molar-refractivity contribution in [2.24, 2.45) is 0 Å². The largest absolute Gasteiger partial charge is 0.465 e. The van der Waals surface area contributed by atoms with Gasteiger partial charge in [0.2, 0.25) is 0 Å². The standard InChI is InChI=1S/C19H17FN6O3/c1-29-19(28)11-6-8-12(9-7-11)24-16-15(21)17(23-10-22-16)25-26-18(27)13-4-2-3-5-14(13)20/h2-10H,21H2,1H3,(H,26,27)(H2,22,23,24,25). The lowest BCUT2D eigenvalue weighted by Crippen LogP contribution is -2.31. The summed E-state index contributed by atoms with van der Waals surface area (Å²) in [5.41, 5.74) is 11.9. The number of amides is 1. The van der Waals surface area contributed by atoms with Gasteiger partial charge in [0.1, 0.15) is 17.8 Å². The number of nitrogens with two attached hydrogens (primary N) is 1. The highest BCUT2D eigenvalue weighted by Gasteiger charge is 2.13. The van der Waals surface area contributed by atoms with Gasteiger partial charge in [0.25, 0.3) is 5.91 Å². The van der Waals surface area contributed by atoms with E-state index < -0.39 is 17.7 Å². The SMILES string of the molecule is COC(=O)c1ccc(Nc2ncnc(NNC(=O)c3ccccc3F)c2N)cc1. The molecular weight excluding hydrogens is 379 g/mol. The Labute approximate surface area is 165 Å². The van der Waals surface area contributed by atoms with Crippen molar-refractivity contribution >= 4 is 34.9 Å². The van der Waals surface area contributed by atoms with Crippen LogP contribution in [0.4, 0.5) is 27.4 Å². The molecular formula is C19H17FN6O3. The van der Waals surface area contributed by atoms with Crippen molar-refractivity contribution in [2.45, 2.75) is 0 Å². The minimum Gasteiger partial charge on any atom is -0.465 e. The second-order valence-corrected chi connectivity index (χ2v) is 5.74. The molecule has 0 fully saturated rings. The van der Waals surface area contributed by atoms with Crippen molar-refractivity contribution in [1.82, 2.24) is 15.4 Å². The Bertz CT molecular complexity index is 1040. The average Bonchev–Trinajstić information content (AvgIpc) is 2.74. The molecule has 5 N–H and O–H groups in total. The molecule has 3 rings (SSSR count). The van der Waals surface area contributed by atoms with Gasteiger partial charge in [-0.2, -0.15) is 0 Å². The van der Waals surface area contributed by atoms with Gasteiger partial charge >= 0.3 is 5.97 Å². The molecule has 148 valence electrons. The Morgan fingerprint density at radius 2 is 1.72 bits per heavy atom. The molecule has 0 aliphatic rings. The minimum absolute atomic E-state index is 0.123. The lowest BCUT2D eigenvalue weighted by Gasteiger charge is -2.13. The molecule has 0 spiro atoms. The number of nitrogen functional groups attached to an aromatic ring is 1. The van der Waals surface area contributed by atoms with Crippen molar-refractivity contribution in [3.8, 4) is 0 Å². The van der Waals surface area contributed by atoms with Crippen LogP contribution in [0.2, 0.25) is 0 Å². The molecule has 1 amide bonds. The molecule has 0 aliphatic carbocycles. The summed E-state index contributed by atoms with van der Waals surface area (Å²) in [5.74, 6) is -1.39. The van der Waals surface area contributed by atoms with Crippen molar-refractivity contribution in [2.75, 3.05) is 23.6 Å². The van der Waals surface area contributed by atoms with Crippen LogP contribution in [0.5, 0.6) is 0 Å². The zero-order valence-electron chi connectivity index (χ0n) is 15.3. The number of aromatic nitrogens is 2. The highest BCUT2D eigenvalue weighted by Crippen LogP contribution is 2.25. The second kappa shape index (κ2) is 8.65. The number of benzene rings is 2. The summed E-state index contributed by atoms with van der Waals surface area (Å²) < 4.78 is 18.3. The first kappa shape index (κ1) is 19.5. The van der Waals surface area contributed by atoms with E-state index in [1.165, 1.54) is 31.6 Å². The Morgan fingerprint density at radius 3 is 2.41 bits per heavy atom. The fourth-order valence-corrected chi connectivity index (χ4v) is 2.37. The monoisotopic (exact) mass is 396 g/mol. The molecule has 29 heavy (non-hydrogen) atoms. The van der Waals surface area contributed by atoms with Crippen LogP contribution < -0.4 is 21.9 Å². The number of carbonyl (C=O) groups is 2. The van der Waals surface area contributed by atoms with Gasteiger partial charge in [-0.05, 0) is 36.4 Å². The van der Waals surface area contributed by atoms with Gasteiger partial charge in [-0.15, -0.1) is 0 Å². The quantitative estimate of drug-likeness (QED) is 0.369. The fourth-order valence-electron chi connectivity index (χ4n) is 2.37. The third-order valence-corrected chi connectivity index (χ3v) is 3.87. The number of hydrogen-bond donors (Lipinski definition) is 4. The number of hydrazine groups is 1. The van der Waals surface area contributed by atoms with Gasteiger partial charge < -0.3 is 15.8 Å². The zero-order valence-corrected chi connectivity index (χ0v) is 15.3. The van der Waals surface area contributed by atoms with Gasteiger partial charge in [0.05, 0.1) is 18.2 Å². The summed E-state index contributed by atoms with van der Waals surface area (Å²) in [6, 6.07) is 12.0. The van der Waals surface area contributed by atoms with E-state index in [0.29, 0.717) is 11.3 Å². The minimum atomic E-state index is -0.686. The third kappa shape index (κ3) is 4.56. The number of methoxy groups -OCH3 is 1. The van der Waals surface area contributed by atoms with Crippen molar-refractivity contribution in [3.63, 3.8) is 0 Å². The van der Waals surface area contributed by atoms with E-state index in [1.807, 2.05) is 0 Å². The number of anilines is 4. The summed E-state index contributed by atoms with van der Waals surface area (Å²) in [5, 5.41) is 2.98. The number of hydrogen-bond acceptors (Lipinski definition) is 8. The van der Waals surface area contributed by atoms with Crippen LogP contribution in [0.25, 0.3) is 0 Å². The zero-order chi connectivity index (χ0) is 20.8. The van der Waals surface area contributed by atoms with E-state index >= 15 is 0 Å². The molecule has 1 aromatic heterocycles. The average molecular weight is 396 g/mol. The highest BCUT2D eigenvalue weighted by atomic mass is 19.1. The van der Waals surface area contributed by atoms with Gasteiger partial charge in [0.15, 0.2) is 11.6 Å². The molecule has 0 unspecified atom stereocenters. The van der Waals surface area contributed by atoms with Crippen LogP contribution in [-0.2, 0) is 4.74 Å². The van der Waals surface area contributed by atoms with E-state index in [0.717, 1.165) is 0 Å². The smallest absolute Gasteiger partial charge is 0.337 e. The maximum Gasteiger partial charge on any atom is 0.337 e. The molecule has 0 saturated heterocycles. The summed E-state index contributed by atoms with van der Waals surface area (Å²) >= 11 is 0. The lowest BCUT2D eigenvalue weighted by molar-refractivity contribution is 0.0600. The van der Waals surface area contributed by atoms with Crippen LogP contribution in [0.3, 0.4) is 0 Å². The van der Waals surface area contributed by atoms with Crippen molar-refractivity contribution in [1.29, 1.82) is 0 Å². The van der Waals surface area contributed by atoms with E-state index in [-0.39, 0.29) is 22.9 Å². The van der Waals surface area contributed by atoms with Crippen molar-refractivity contribution in [3.05, 3.63) is 71.8 Å². The molecule has 1 heterocycles. The Hall–Kier alpha value is -4.21. The number of esters is 1. The topological polar surface area (TPSA) is 131 Å². The van der Waals surface area contributed by atoms with Gasteiger partial charge in [0, 0.05) is 5.69 Å². The fraction of sp³-hybridized carbons (Fsp3) is 0.0526. The predicted molar refractivity (Wildman–Crippen MR) is 105 cm³/mol. The normalized spacial score (nSPS) is 10.1. The Morgan fingerprint density at radius 1 is 1.03 bits per heavy atom. The molecule has 9 nitrogen and oxygen atoms in total. The highest BCUT2D eigenvalue weighted by molar-refractivity contribution is 5.95. The van der Waals surface area contributed by atoms with Gasteiger partial charge in [-0.25, -0.2) is 19.2 Å². The Kier molecular flexibility index (Phi) is 5.83. The van der Waals surface area contributed by atoms with Crippen LogP contribution in [-0.4, -0.2) is 29.0 Å². The molecule has 3 aromatic rings. The molecule has 2 aromatic carbocycles. The molecule has 0 saturated carbocycles. The van der Waals surface area contributed by atoms with Crippen LogP contribution in [0.1, 0.15) is 20.7 Å². The van der Waals surface area contributed by atoms with Crippen LogP contribution >= 0.6 is 0 Å². The number of nitrogens with zero attached hydrogens (tertiary/aromatic N) is 2. The van der Waals surface area contributed by atoms with Gasteiger partial charge in [-0.1, -0.05) is 12.1 Å². The van der Waals surface area contributed by atoms with Crippen molar-refractivity contribution < 1.29 is 18.7 Å². The van der Waals surface area contributed by atoms with E-state index in [4.69, 9.17) is 5.73 Å². The molecule has 10 heteroatoms. The summed E-state index contributed by atoms with van der Waals surface area (Å²) in [4.78, 5) is 31.6. The number of carbonyl (C=O) groups excluding carboxylic acids is 2. The summed E-state index contributed by atoms with van der Waals surface area (Å²) in [6.07, 6.45) is 1.24. The number of ether oxygens (including phenoxy) is 1. The molecule has 0 radical (unpaired) electrons. The van der Waals surface area contributed by atoms with E-state index in [9.17, 15) is 14.0 Å². The maximum atomic E-state index is 13.7. The number of rotatable bonds is 6. The van der Waals surface area contributed by atoms with E-state index in [2.05, 4.69) is 30.9 Å². The van der Waals surface area contributed by atoms with Crippen LogP contribution in [0.15, 0.2) is 54.9 Å². The maximum absolute atomic E-state index is 13.7. The number of halogens is 1. The van der Waals surface area contributed by atoms with E-state index in [1.54, 1.807) is 30.3 Å². The first-order chi connectivity index (χ1) is 14.0. The summed E-state index contributed by atoms with van der Waals surface area (Å²) in [6.45, 7) is 0. The third-order valence-electron chi connectivity index (χ3n) is 3.87. The Balaban J connectivity index is 1.70. The predicted octanol–water partition coefficient (Wildman–Crippen LogP) is 2.49. The molecule has 0 aliphatic heterocycles. The lowest BCUT2D eigenvalue weighted by atomic mass is 10.2. The summed E-state index contributed by atoms with van der Waals surface area (Å²) in [7, 11) is 1.30. The molecule has 0 bridgehead atoms. The van der Waals surface area contributed by atoms with Crippen LogP contribution in [0, 0.1) is 5.82 Å².